The van der Waals surface area contributed by atoms with Crippen LogP contribution in [0.3, 0.4) is 0 Å². The molecule has 0 saturated carbocycles. The Bertz CT molecular complexity index is 3300. The third-order valence-corrected chi connectivity index (χ3v) is 10.4. The van der Waals surface area contributed by atoms with Gasteiger partial charge in [-0.15, -0.1) is 0 Å². The highest BCUT2D eigenvalue weighted by atomic mass is 16.4. The van der Waals surface area contributed by atoms with Gasteiger partial charge in [0, 0.05) is 21.7 Å². The molecule has 0 saturated heterocycles. The predicted octanol–water partition coefficient (Wildman–Crippen LogP) is 3.35. The zero-order valence-corrected chi connectivity index (χ0v) is 29.8. The molecule has 2 aromatic heterocycles. The average Bonchev–Trinajstić information content (AvgIpc) is 3.58. The molecule has 0 fully saturated rings. The van der Waals surface area contributed by atoms with Gasteiger partial charge in [0.05, 0.1) is 22.7 Å². The van der Waals surface area contributed by atoms with Crippen molar-refractivity contribution >= 4 is 70.0 Å². The topological polar surface area (TPSA) is 330 Å². The Kier molecular flexibility index (Phi) is 7.55. The number of fused-ring (bicyclic) bond motifs is 3. The highest BCUT2D eigenvalue weighted by molar-refractivity contribution is 6.38. The Hall–Kier alpha value is -8.85. The summed E-state index contributed by atoms with van der Waals surface area (Å²) < 4.78 is 1.33. The molecule has 9 rings (SSSR count). The Morgan fingerprint density at radius 1 is 0.450 bits per heavy atom. The third kappa shape index (κ3) is 4.61. The van der Waals surface area contributed by atoms with E-state index < -0.39 is 114 Å². The summed E-state index contributed by atoms with van der Waals surface area (Å²) in [7, 11) is 11.6. The number of aromatic hydroxyl groups is 13. The van der Waals surface area contributed by atoms with E-state index in [1.54, 1.807) is 30.3 Å². The predicted molar refractivity (Wildman–Crippen MR) is 214 cm³/mol. The van der Waals surface area contributed by atoms with Crippen LogP contribution in [-0.2, 0) is 0 Å². The number of benzene rings is 7. The molecule has 20 heteroatoms. The van der Waals surface area contributed by atoms with E-state index in [2.05, 4.69) is 21.0 Å². The SMILES string of the molecule is [B]c1c(O)c(O)c(O)c(-c2nc(-c3ccc4c(c3)c3cccc5c3c3c4c(C#N)ccc3n5-c3c(O)c(O)c(O)c(O)c3O)nc(-c3c(O)c([B])c(O)c(O)c3O)n2)c1O. The molecular weight excluding hydrogens is 780 g/mol. The van der Waals surface area contributed by atoms with Crippen molar-refractivity contribution in [3.05, 3.63) is 54.1 Å². The lowest BCUT2D eigenvalue weighted by Gasteiger charge is -2.16. The maximum Gasteiger partial charge on any atom is 0.208 e. The van der Waals surface area contributed by atoms with E-state index in [0.717, 1.165) is 0 Å². The third-order valence-electron chi connectivity index (χ3n) is 10.4. The van der Waals surface area contributed by atoms with Crippen molar-refractivity contribution in [3.8, 4) is 121 Å². The van der Waals surface area contributed by atoms with E-state index in [0.29, 0.717) is 43.4 Å². The molecule has 0 amide bonds. The maximum absolute atomic E-state index is 11.0. The summed E-state index contributed by atoms with van der Waals surface area (Å²) in [5, 5.41) is 151. The summed E-state index contributed by atoms with van der Waals surface area (Å²) in [5.74, 6) is -15.8. The van der Waals surface area contributed by atoms with E-state index in [4.69, 9.17) is 15.7 Å². The van der Waals surface area contributed by atoms with E-state index >= 15 is 0 Å². The lowest BCUT2D eigenvalue weighted by molar-refractivity contribution is 0.327. The van der Waals surface area contributed by atoms with Crippen molar-refractivity contribution in [2.24, 2.45) is 0 Å². The van der Waals surface area contributed by atoms with Gasteiger partial charge in [-0.25, -0.2) is 15.0 Å². The Morgan fingerprint density at radius 3 is 1.48 bits per heavy atom. The van der Waals surface area contributed by atoms with E-state index in [1.807, 2.05) is 0 Å². The molecule has 0 spiro atoms. The standard InChI is InChI=1S/C40H21B2N5O13/c41-22-25(48)20(27(50)33(56)29(22)52)39-44-38(45-40(46-39)21-26(49)23(42)30(53)34(57)28(21)51)10-4-6-13-14(8-10)12-2-1-3-15-18(12)19-16(7-5-11(9-43)17(13)19)47(15)24-31(54)35(58)37(60)36(59)32(24)55/h1-8,48-60H. The molecule has 2 heterocycles. The number of nitrogens with zero attached hydrogens (tertiary/aromatic N) is 5. The van der Waals surface area contributed by atoms with Gasteiger partial charge in [-0.3, -0.25) is 0 Å². The van der Waals surface area contributed by atoms with Crippen molar-refractivity contribution < 1.29 is 66.4 Å². The summed E-state index contributed by atoms with van der Waals surface area (Å²) >= 11 is 0. The fraction of sp³-hybridized carbons (Fsp3) is 0. The van der Waals surface area contributed by atoms with E-state index in [1.165, 1.54) is 22.8 Å². The summed E-state index contributed by atoms with van der Waals surface area (Å²) in [6.45, 7) is 0. The van der Waals surface area contributed by atoms with Gasteiger partial charge in [0.15, 0.2) is 52.0 Å². The van der Waals surface area contributed by atoms with Crippen LogP contribution in [0.1, 0.15) is 5.56 Å². The minimum absolute atomic E-state index is 0.123. The first-order valence-electron chi connectivity index (χ1n) is 17.1. The van der Waals surface area contributed by atoms with Crippen LogP contribution in [-0.4, -0.2) is 102 Å². The second-order valence-corrected chi connectivity index (χ2v) is 13.6. The average molecular weight is 801 g/mol. The van der Waals surface area contributed by atoms with Crippen molar-refractivity contribution in [1.82, 2.24) is 19.5 Å². The molecule has 0 aliphatic rings. The molecule has 0 unspecified atom stereocenters. The van der Waals surface area contributed by atoms with Gasteiger partial charge >= 0.3 is 0 Å². The number of nitriles is 1. The van der Waals surface area contributed by atoms with Crippen molar-refractivity contribution in [3.63, 3.8) is 0 Å². The smallest absolute Gasteiger partial charge is 0.208 e. The molecule has 0 bridgehead atoms. The number of aromatic nitrogens is 4. The number of hydrogen-bond donors (Lipinski definition) is 13. The molecule has 0 atom stereocenters. The Labute approximate surface area is 335 Å². The quantitative estimate of drug-likeness (QED) is 0.0525. The van der Waals surface area contributed by atoms with Gasteiger partial charge in [-0.2, -0.15) is 5.26 Å². The fourth-order valence-electron chi connectivity index (χ4n) is 7.58. The van der Waals surface area contributed by atoms with E-state index in [9.17, 15) is 71.6 Å². The summed E-state index contributed by atoms with van der Waals surface area (Å²) in [6, 6.07) is 14.8. The van der Waals surface area contributed by atoms with Crippen LogP contribution >= 0.6 is 0 Å². The van der Waals surface area contributed by atoms with Gasteiger partial charge in [0.2, 0.25) is 28.7 Å². The zero-order valence-electron chi connectivity index (χ0n) is 29.8. The van der Waals surface area contributed by atoms with Crippen LogP contribution in [0.5, 0.6) is 74.7 Å². The zero-order chi connectivity index (χ0) is 43.0. The minimum Gasteiger partial charge on any atom is -0.508 e. The molecule has 4 radical (unpaired) electrons. The number of hydrogen-bond acceptors (Lipinski definition) is 17. The van der Waals surface area contributed by atoms with Crippen LogP contribution < -0.4 is 10.9 Å². The van der Waals surface area contributed by atoms with Crippen molar-refractivity contribution in [2.45, 2.75) is 0 Å². The first-order chi connectivity index (χ1) is 28.5. The largest absolute Gasteiger partial charge is 0.508 e. The van der Waals surface area contributed by atoms with Crippen molar-refractivity contribution in [1.29, 1.82) is 5.26 Å². The summed E-state index contributed by atoms with van der Waals surface area (Å²) in [6.07, 6.45) is 0. The Morgan fingerprint density at radius 2 is 0.933 bits per heavy atom. The van der Waals surface area contributed by atoms with Crippen molar-refractivity contribution in [2.75, 3.05) is 0 Å². The molecule has 290 valence electrons. The van der Waals surface area contributed by atoms with Gasteiger partial charge in [0.1, 0.15) is 44.0 Å². The fourth-order valence-corrected chi connectivity index (χ4v) is 7.58. The van der Waals surface area contributed by atoms with Crippen LogP contribution in [0.15, 0.2) is 48.5 Å². The Balaban J connectivity index is 1.40. The van der Waals surface area contributed by atoms with Gasteiger partial charge in [-0.1, -0.05) is 24.3 Å². The van der Waals surface area contributed by atoms with Crippen LogP contribution in [0, 0.1) is 11.3 Å². The second kappa shape index (κ2) is 12.3. The summed E-state index contributed by atoms with van der Waals surface area (Å²) in [5.41, 5.74) is -2.69. The molecule has 13 N–H and O–H groups in total. The molecule has 0 aliphatic heterocycles. The molecule has 18 nitrogen and oxygen atoms in total. The van der Waals surface area contributed by atoms with Gasteiger partial charge < -0.3 is 71.0 Å². The van der Waals surface area contributed by atoms with Gasteiger partial charge in [-0.05, 0) is 51.3 Å². The first-order valence-corrected chi connectivity index (χ1v) is 17.1. The summed E-state index contributed by atoms with van der Waals surface area (Å²) in [4.78, 5) is 12.9. The minimum atomic E-state index is -1.17. The number of phenolic OH excluding ortho intramolecular Hbond substituents is 13. The highest BCUT2D eigenvalue weighted by Gasteiger charge is 2.31. The monoisotopic (exact) mass is 801 g/mol. The molecule has 0 aliphatic carbocycles. The lowest BCUT2D eigenvalue weighted by atomic mass is 9.89. The van der Waals surface area contributed by atoms with Crippen LogP contribution in [0.2, 0.25) is 0 Å². The number of phenols is 13. The highest BCUT2D eigenvalue weighted by Crippen LogP contribution is 2.55. The lowest BCUT2D eigenvalue weighted by Crippen LogP contribution is -2.09. The second-order valence-electron chi connectivity index (χ2n) is 13.6. The first kappa shape index (κ1) is 36.8. The molecule has 9 aromatic rings. The van der Waals surface area contributed by atoms with Gasteiger partial charge in [0.25, 0.3) is 0 Å². The van der Waals surface area contributed by atoms with Crippen LogP contribution in [0.25, 0.3) is 83.2 Å². The maximum atomic E-state index is 11.0. The molecular formula is C40H21B2N5O13. The number of rotatable bonds is 4. The molecule has 7 aromatic carbocycles. The normalized spacial score (nSPS) is 11.7. The van der Waals surface area contributed by atoms with Crippen LogP contribution in [0.4, 0.5) is 0 Å². The van der Waals surface area contributed by atoms with E-state index in [-0.39, 0.29) is 17.0 Å². The molecule has 60 heavy (non-hydrogen) atoms.